The minimum Gasteiger partial charge on any atom is -0.490 e. The molecule has 0 unspecified atom stereocenters. The number of hydrogen-bond donors (Lipinski definition) is 3. The summed E-state index contributed by atoms with van der Waals surface area (Å²) in [4.78, 5) is 24.8. The number of ether oxygens (including phenoxy) is 1. The molecule has 0 saturated carbocycles. The molecule has 0 bridgehead atoms. The standard InChI is InChI=1S/C16H23N3O4/c1-16(2,7-6-14(20)21)18-15(22)17-11-4-5-13-12(10-11)19(3)8-9-23-13/h4-5,10H,6-9H2,1-3H3,(H,20,21)(H2,17,18,22). The summed E-state index contributed by atoms with van der Waals surface area (Å²) in [5, 5.41) is 14.3. The van der Waals surface area contributed by atoms with Gasteiger partial charge in [-0.25, -0.2) is 4.79 Å². The quantitative estimate of drug-likeness (QED) is 0.774. The number of carbonyl (C=O) groups excluding carboxylic acids is 1. The van der Waals surface area contributed by atoms with Crippen LogP contribution in [-0.4, -0.2) is 42.8 Å². The highest BCUT2D eigenvalue weighted by Crippen LogP contribution is 2.33. The molecule has 0 aromatic heterocycles. The van der Waals surface area contributed by atoms with Crippen molar-refractivity contribution in [3.05, 3.63) is 18.2 Å². The summed E-state index contributed by atoms with van der Waals surface area (Å²) in [6.45, 7) is 5.04. The van der Waals surface area contributed by atoms with Gasteiger partial charge in [-0.1, -0.05) is 0 Å². The fraction of sp³-hybridized carbons (Fsp3) is 0.500. The van der Waals surface area contributed by atoms with Crippen molar-refractivity contribution in [1.82, 2.24) is 5.32 Å². The van der Waals surface area contributed by atoms with Crippen LogP contribution in [0, 0.1) is 0 Å². The van der Waals surface area contributed by atoms with Crippen LogP contribution in [-0.2, 0) is 4.79 Å². The van der Waals surface area contributed by atoms with E-state index in [1.165, 1.54) is 0 Å². The minimum atomic E-state index is -0.877. The summed E-state index contributed by atoms with van der Waals surface area (Å²) in [6.07, 6.45) is 0.366. The molecule has 2 amide bonds. The van der Waals surface area contributed by atoms with Gasteiger partial charge in [-0.05, 0) is 38.5 Å². The first-order valence-corrected chi connectivity index (χ1v) is 7.56. The number of hydrogen-bond acceptors (Lipinski definition) is 4. The molecule has 1 aromatic carbocycles. The summed E-state index contributed by atoms with van der Waals surface area (Å²) in [5.74, 6) is -0.0792. The van der Waals surface area contributed by atoms with Crippen molar-refractivity contribution in [3.8, 4) is 5.75 Å². The molecule has 1 heterocycles. The lowest BCUT2D eigenvalue weighted by atomic mass is 9.99. The molecule has 1 aliphatic heterocycles. The number of benzene rings is 1. The topological polar surface area (TPSA) is 90.9 Å². The molecule has 0 fully saturated rings. The molecule has 0 spiro atoms. The normalized spacial score (nSPS) is 13.8. The molecule has 1 aromatic rings. The van der Waals surface area contributed by atoms with Gasteiger partial charge in [-0.2, -0.15) is 0 Å². The Morgan fingerprint density at radius 3 is 2.83 bits per heavy atom. The lowest BCUT2D eigenvalue weighted by Crippen LogP contribution is -2.45. The van der Waals surface area contributed by atoms with Crippen molar-refractivity contribution in [2.45, 2.75) is 32.2 Å². The third-order valence-corrected chi connectivity index (χ3v) is 3.73. The highest BCUT2D eigenvalue weighted by Gasteiger charge is 2.22. The van der Waals surface area contributed by atoms with Crippen molar-refractivity contribution in [1.29, 1.82) is 0 Å². The Morgan fingerprint density at radius 2 is 2.13 bits per heavy atom. The molecular formula is C16H23N3O4. The van der Waals surface area contributed by atoms with Gasteiger partial charge in [0.15, 0.2) is 0 Å². The Balaban J connectivity index is 1.97. The summed E-state index contributed by atoms with van der Waals surface area (Å²) < 4.78 is 5.56. The lowest BCUT2D eigenvalue weighted by molar-refractivity contribution is -0.137. The smallest absolute Gasteiger partial charge is 0.319 e. The predicted octanol–water partition coefficient (Wildman–Crippen LogP) is 2.28. The van der Waals surface area contributed by atoms with Crippen molar-refractivity contribution in [2.75, 3.05) is 30.4 Å². The number of carboxylic acid groups (broad SMARTS) is 1. The molecule has 0 atom stereocenters. The number of carbonyl (C=O) groups is 2. The summed E-state index contributed by atoms with van der Waals surface area (Å²) >= 11 is 0. The number of anilines is 2. The number of urea groups is 1. The van der Waals surface area contributed by atoms with E-state index in [9.17, 15) is 9.59 Å². The van der Waals surface area contributed by atoms with Gasteiger partial charge >= 0.3 is 12.0 Å². The Morgan fingerprint density at radius 1 is 1.39 bits per heavy atom. The van der Waals surface area contributed by atoms with E-state index in [0.717, 1.165) is 18.0 Å². The number of nitrogens with zero attached hydrogens (tertiary/aromatic N) is 1. The number of rotatable bonds is 5. The van der Waals surface area contributed by atoms with Crippen molar-refractivity contribution in [2.24, 2.45) is 0 Å². The maximum Gasteiger partial charge on any atom is 0.319 e. The van der Waals surface area contributed by atoms with Crippen LogP contribution < -0.4 is 20.3 Å². The van der Waals surface area contributed by atoms with Crippen LogP contribution in [0.5, 0.6) is 5.75 Å². The second-order valence-electron chi connectivity index (χ2n) is 6.31. The van der Waals surface area contributed by atoms with Gasteiger partial charge in [0.25, 0.3) is 0 Å². The molecule has 7 nitrogen and oxygen atoms in total. The second-order valence-corrected chi connectivity index (χ2v) is 6.31. The number of carboxylic acids is 1. The van der Waals surface area contributed by atoms with Gasteiger partial charge in [0.05, 0.1) is 12.2 Å². The fourth-order valence-corrected chi connectivity index (χ4v) is 2.38. The van der Waals surface area contributed by atoms with Crippen LogP contribution in [0.3, 0.4) is 0 Å². The van der Waals surface area contributed by atoms with E-state index < -0.39 is 11.5 Å². The maximum absolute atomic E-state index is 12.1. The molecule has 2 rings (SSSR count). The van der Waals surface area contributed by atoms with Gasteiger partial charge in [0.2, 0.25) is 0 Å². The monoisotopic (exact) mass is 321 g/mol. The van der Waals surface area contributed by atoms with Crippen LogP contribution in [0.25, 0.3) is 0 Å². The zero-order chi connectivity index (χ0) is 17.0. The first-order chi connectivity index (χ1) is 10.8. The van der Waals surface area contributed by atoms with Crippen LogP contribution in [0.4, 0.5) is 16.2 Å². The highest BCUT2D eigenvalue weighted by molar-refractivity contribution is 5.90. The maximum atomic E-state index is 12.1. The number of aliphatic carboxylic acids is 1. The summed E-state index contributed by atoms with van der Waals surface area (Å²) in [7, 11) is 1.97. The third-order valence-electron chi connectivity index (χ3n) is 3.73. The average molecular weight is 321 g/mol. The third kappa shape index (κ3) is 4.77. The molecule has 1 aliphatic rings. The van der Waals surface area contributed by atoms with E-state index in [4.69, 9.17) is 9.84 Å². The first kappa shape index (κ1) is 16.9. The van der Waals surface area contributed by atoms with Crippen LogP contribution in [0.2, 0.25) is 0 Å². The Kier molecular flexibility index (Phi) is 4.98. The van der Waals surface area contributed by atoms with Crippen molar-refractivity contribution >= 4 is 23.4 Å². The molecule has 126 valence electrons. The average Bonchev–Trinajstić information content (AvgIpc) is 2.45. The number of likely N-dealkylation sites (N-methyl/N-ethyl adjacent to an activating group) is 1. The van der Waals surface area contributed by atoms with E-state index in [-0.39, 0.29) is 12.5 Å². The highest BCUT2D eigenvalue weighted by atomic mass is 16.5. The zero-order valence-electron chi connectivity index (χ0n) is 13.7. The Labute approximate surface area is 135 Å². The van der Waals surface area contributed by atoms with Gasteiger partial charge in [-0.15, -0.1) is 0 Å². The van der Waals surface area contributed by atoms with Gasteiger partial charge in [-0.3, -0.25) is 4.79 Å². The Bertz CT molecular complexity index is 601. The van der Waals surface area contributed by atoms with E-state index in [2.05, 4.69) is 15.5 Å². The van der Waals surface area contributed by atoms with Gasteiger partial charge in [0.1, 0.15) is 12.4 Å². The van der Waals surface area contributed by atoms with Crippen LogP contribution in [0.15, 0.2) is 18.2 Å². The van der Waals surface area contributed by atoms with Crippen molar-refractivity contribution < 1.29 is 19.4 Å². The largest absolute Gasteiger partial charge is 0.490 e. The molecule has 7 heteroatoms. The van der Waals surface area contributed by atoms with Crippen LogP contribution in [0.1, 0.15) is 26.7 Å². The molecule has 0 saturated heterocycles. The molecule has 0 aliphatic carbocycles. The van der Waals surface area contributed by atoms with Gasteiger partial charge in [0, 0.05) is 24.7 Å². The molecule has 23 heavy (non-hydrogen) atoms. The zero-order valence-corrected chi connectivity index (χ0v) is 13.7. The van der Waals surface area contributed by atoms with E-state index in [1.54, 1.807) is 19.9 Å². The molecule has 0 radical (unpaired) electrons. The Hall–Kier alpha value is -2.44. The number of nitrogens with one attached hydrogen (secondary N) is 2. The van der Waals surface area contributed by atoms with E-state index in [1.807, 2.05) is 19.2 Å². The minimum absolute atomic E-state index is 0.00819. The molecule has 3 N–H and O–H groups in total. The lowest BCUT2D eigenvalue weighted by Gasteiger charge is -2.28. The van der Waals surface area contributed by atoms with Crippen molar-refractivity contribution in [3.63, 3.8) is 0 Å². The summed E-state index contributed by atoms with van der Waals surface area (Å²) in [6, 6.07) is 5.11. The van der Waals surface area contributed by atoms with Crippen LogP contribution >= 0.6 is 0 Å². The van der Waals surface area contributed by atoms with E-state index in [0.29, 0.717) is 18.7 Å². The first-order valence-electron chi connectivity index (χ1n) is 7.56. The summed E-state index contributed by atoms with van der Waals surface area (Å²) in [5.41, 5.74) is 0.989. The fourth-order valence-electron chi connectivity index (χ4n) is 2.38. The number of amides is 2. The predicted molar refractivity (Wildman–Crippen MR) is 88.3 cm³/mol. The van der Waals surface area contributed by atoms with Gasteiger partial charge < -0.3 is 25.4 Å². The van der Waals surface area contributed by atoms with E-state index >= 15 is 0 Å². The SMILES string of the molecule is CN1CCOc2ccc(NC(=O)NC(C)(C)CCC(=O)O)cc21. The number of fused-ring (bicyclic) bond motifs is 1. The second kappa shape index (κ2) is 6.76. The molecular weight excluding hydrogens is 298 g/mol.